The minimum Gasteiger partial charge on any atom is -0.462 e. The van der Waals surface area contributed by atoms with Gasteiger partial charge in [0, 0.05) is 31.4 Å². The first-order valence-corrected chi connectivity index (χ1v) is 11.3. The van der Waals surface area contributed by atoms with Gasteiger partial charge in [-0.05, 0) is 63.3 Å². The van der Waals surface area contributed by atoms with E-state index in [0.717, 1.165) is 43.9 Å². The Morgan fingerprint density at radius 1 is 1.13 bits per heavy atom. The zero-order chi connectivity index (χ0) is 22.1. The van der Waals surface area contributed by atoms with Crippen molar-refractivity contribution in [1.29, 1.82) is 0 Å². The molecule has 0 radical (unpaired) electrons. The van der Waals surface area contributed by atoms with E-state index in [-0.39, 0.29) is 6.61 Å². The number of aliphatic hydroxyl groups is 1. The summed E-state index contributed by atoms with van der Waals surface area (Å²) in [5.41, 5.74) is 6.50. The molecule has 166 valence electrons. The molecule has 0 spiro atoms. The normalized spacial score (nSPS) is 13.5. The molecule has 3 aromatic rings. The number of rotatable bonds is 7. The third kappa shape index (κ3) is 4.09. The van der Waals surface area contributed by atoms with Crippen LogP contribution in [0.4, 0.5) is 17.3 Å². The molecular weight excluding hydrogens is 388 g/mol. The number of hydrogen-bond donors (Lipinski definition) is 1. The molecule has 0 atom stereocenters. The minimum atomic E-state index is -0.0703. The van der Waals surface area contributed by atoms with E-state index in [1.54, 1.807) is 0 Å². The van der Waals surface area contributed by atoms with Crippen molar-refractivity contribution in [2.45, 2.75) is 60.1 Å². The van der Waals surface area contributed by atoms with Crippen LogP contribution >= 0.6 is 0 Å². The monoisotopic (exact) mass is 422 g/mol. The van der Waals surface area contributed by atoms with E-state index in [1.807, 2.05) is 23.9 Å². The first-order valence-electron chi connectivity index (χ1n) is 11.3. The maximum absolute atomic E-state index is 9.35. The molecule has 0 amide bonds. The standard InChI is InChI=1S/C25H34N4O2/c1-6-11-28(15-20-9-10-21(16-30)31-20)25-22-8-7-12-29(24(22)26-27(25)5)23-18(3)13-17(2)14-19(23)4/h9-10,13-14,30H,6-8,11-12,15-16H2,1-5H3. The molecule has 0 unspecified atom stereocenters. The molecule has 2 aromatic heterocycles. The molecule has 4 rings (SSSR count). The van der Waals surface area contributed by atoms with Gasteiger partial charge in [-0.2, -0.15) is 5.10 Å². The fourth-order valence-corrected chi connectivity index (χ4v) is 5.03. The Labute approximate surface area is 185 Å². The quantitative estimate of drug-likeness (QED) is 0.585. The van der Waals surface area contributed by atoms with Crippen LogP contribution in [0.5, 0.6) is 0 Å². The minimum absolute atomic E-state index is 0.0703. The lowest BCUT2D eigenvalue weighted by atomic mass is 10.00. The molecule has 0 fully saturated rings. The Hall–Kier alpha value is -2.73. The molecule has 1 aliphatic heterocycles. The molecule has 0 saturated carbocycles. The van der Waals surface area contributed by atoms with Crippen LogP contribution in [0.15, 0.2) is 28.7 Å². The molecule has 31 heavy (non-hydrogen) atoms. The first kappa shape index (κ1) is 21.5. The van der Waals surface area contributed by atoms with Gasteiger partial charge in [-0.25, -0.2) is 0 Å². The Morgan fingerprint density at radius 2 is 1.84 bits per heavy atom. The lowest BCUT2D eigenvalue weighted by molar-refractivity contribution is 0.243. The van der Waals surface area contributed by atoms with E-state index in [0.29, 0.717) is 12.3 Å². The topological polar surface area (TPSA) is 57.7 Å². The van der Waals surface area contributed by atoms with Gasteiger partial charge in [-0.1, -0.05) is 24.6 Å². The van der Waals surface area contributed by atoms with Gasteiger partial charge in [0.1, 0.15) is 23.9 Å². The number of furan rings is 1. The molecule has 3 heterocycles. The Balaban J connectivity index is 1.74. The summed E-state index contributed by atoms with van der Waals surface area (Å²) in [6.45, 7) is 11.3. The zero-order valence-corrected chi connectivity index (χ0v) is 19.4. The molecule has 0 saturated heterocycles. The van der Waals surface area contributed by atoms with E-state index in [1.165, 1.54) is 33.8 Å². The largest absolute Gasteiger partial charge is 0.462 e. The highest BCUT2D eigenvalue weighted by Gasteiger charge is 2.30. The number of nitrogens with zero attached hydrogens (tertiary/aromatic N) is 4. The highest BCUT2D eigenvalue weighted by Crippen LogP contribution is 2.41. The number of anilines is 3. The van der Waals surface area contributed by atoms with Crippen molar-refractivity contribution in [3.05, 3.63) is 58.0 Å². The molecular formula is C25H34N4O2. The number of aryl methyl sites for hydroxylation is 4. The SMILES string of the molecule is CCCN(Cc1ccc(CO)o1)c1c2c(nn1C)N(c1c(C)cc(C)cc1C)CCC2. The van der Waals surface area contributed by atoms with Gasteiger partial charge in [0.05, 0.1) is 6.54 Å². The number of aliphatic hydroxyl groups excluding tert-OH is 1. The molecule has 0 aliphatic carbocycles. The maximum Gasteiger partial charge on any atom is 0.160 e. The average Bonchev–Trinajstić information content (AvgIpc) is 3.30. The zero-order valence-electron chi connectivity index (χ0n) is 19.4. The van der Waals surface area contributed by atoms with Gasteiger partial charge >= 0.3 is 0 Å². The van der Waals surface area contributed by atoms with Crippen molar-refractivity contribution < 1.29 is 9.52 Å². The third-order valence-corrected chi connectivity index (χ3v) is 6.07. The van der Waals surface area contributed by atoms with Gasteiger partial charge in [0.25, 0.3) is 0 Å². The molecule has 1 aromatic carbocycles. The second kappa shape index (κ2) is 8.79. The second-order valence-electron chi connectivity index (χ2n) is 8.70. The summed E-state index contributed by atoms with van der Waals surface area (Å²) in [5.74, 6) is 3.72. The Kier molecular flexibility index (Phi) is 6.10. The van der Waals surface area contributed by atoms with E-state index in [2.05, 4.69) is 49.6 Å². The van der Waals surface area contributed by atoms with Crippen molar-refractivity contribution in [1.82, 2.24) is 9.78 Å². The summed E-state index contributed by atoms with van der Waals surface area (Å²) in [6, 6.07) is 8.34. The number of fused-ring (bicyclic) bond motifs is 1. The van der Waals surface area contributed by atoms with E-state index < -0.39 is 0 Å². The van der Waals surface area contributed by atoms with Gasteiger partial charge in [-0.3, -0.25) is 4.68 Å². The van der Waals surface area contributed by atoms with Crippen molar-refractivity contribution in [3.8, 4) is 0 Å². The summed E-state index contributed by atoms with van der Waals surface area (Å²) in [6.07, 6.45) is 3.17. The van der Waals surface area contributed by atoms with Crippen LogP contribution in [0.25, 0.3) is 0 Å². The highest BCUT2D eigenvalue weighted by molar-refractivity contribution is 5.74. The van der Waals surface area contributed by atoms with Crippen molar-refractivity contribution >= 4 is 17.3 Å². The lowest BCUT2D eigenvalue weighted by Crippen LogP contribution is -2.28. The van der Waals surface area contributed by atoms with Gasteiger partial charge < -0.3 is 19.3 Å². The van der Waals surface area contributed by atoms with Crippen LogP contribution < -0.4 is 9.80 Å². The molecule has 1 aliphatic rings. The Bertz CT molecular complexity index is 1040. The number of hydrogen-bond acceptors (Lipinski definition) is 5. The van der Waals surface area contributed by atoms with Crippen LogP contribution in [0.3, 0.4) is 0 Å². The number of benzene rings is 1. The fraction of sp³-hybridized carbons (Fsp3) is 0.480. The molecule has 0 bridgehead atoms. The van der Waals surface area contributed by atoms with Crippen molar-refractivity contribution in [2.24, 2.45) is 7.05 Å². The highest BCUT2D eigenvalue weighted by atomic mass is 16.4. The molecule has 1 N–H and O–H groups in total. The van der Waals surface area contributed by atoms with Crippen LogP contribution in [0.2, 0.25) is 0 Å². The van der Waals surface area contributed by atoms with Crippen LogP contribution in [-0.2, 0) is 26.6 Å². The lowest BCUT2D eigenvalue weighted by Gasteiger charge is -2.32. The summed E-state index contributed by atoms with van der Waals surface area (Å²) in [5, 5.41) is 14.4. The third-order valence-electron chi connectivity index (χ3n) is 6.07. The summed E-state index contributed by atoms with van der Waals surface area (Å²) >= 11 is 0. The number of aromatic nitrogens is 2. The molecule has 6 heteroatoms. The predicted molar refractivity (Wildman–Crippen MR) is 125 cm³/mol. The fourth-order valence-electron chi connectivity index (χ4n) is 5.03. The summed E-state index contributed by atoms with van der Waals surface area (Å²) in [4.78, 5) is 4.78. The van der Waals surface area contributed by atoms with Crippen molar-refractivity contribution in [2.75, 3.05) is 22.9 Å². The van der Waals surface area contributed by atoms with Crippen LogP contribution in [-0.4, -0.2) is 28.0 Å². The van der Waals surface area contributed by atoms with E-state index in [9.17, 15) is 5.11 Å². The Morgan fingerprint density at radius 3 is 2.48 bits per heavy atom. The van der Waals surface area contributed by atoms with Crippen LogP contribution in [0, 0.1) is 20.8 Å². The summed E-state index contributed by atoms with van der Waals surface area (Å²) in [7, 11) is 2.05. The van der Waals surface area contributed by atoms with E-state index in [4.69, 9.17) is 9.52 Å². The second-order valence-corrected chi connectivity index (χ2v) is 8.70. The maximum atomic E-state index is 9.35. The van der Waals surface area contributed by atoms with Gasteiger partial charge in [-0.15, -0.1) is 0 Å². The summed E-state index contributed by atoms with van der Waals surface area (Å²) < 4.78 is 7.83. The first-order chi connectivity index (χ1) is 14.9. The molecule has 6 nitrogen and oxygen atoms in total. The predicted octanol–water partition coefficient (Wildman–Crippen LogP) is 4.93. The smallest absolute Gasteiger partial charge is 0.160 e. The van der Waals surface area contributed by atoms with Gasteiger partial charge in [0.2, 0.25) is 0 Å². The van der Waals surface area contributed by atoms with E-state index >= 15 is 0 Å². The van der Waals surface area contributed by atoms with Crippen LogP contribution in [0.1, 0.15) is 53.5 Å². The van der Waals surface area contributed by atoms with Gasteiger partial charge in [0.15, 0.2) is 5.82 Å². The average molecular weight is 423 g/mol. The van der Waals surface area contributed by atoms with Crippen molar-refractivity contribution in [3.63, 3.8) is 0 Å².